The number of carbonyl (C=O) groups is 1. The van der Waals surface area contributed by atoms with Crippen LogP contribution in [0.5, 0.6) is 11.5 Å². The molecule has 3 aromatic rings. The van der Waals surface area contributed by atoms with Gasteiger partial charge in [0, 0.05) is 22.3 Å². The van der Waals surface area contributed by atoms with E-state index in [0.717, 1.165) is 10.5 Å². The molecule has 28 heavy (non-hydrogen) atoms. The molecule has 2 aromatic carbocycles. The summed E-state index contributed by atoms with van der Waals surface area (Å²) in [5.41, 5.74) is 1.39. The maximum Gasteiger partial charge on any atom is 0.291 e. The third kappa shape index (κ3) is 5.10. The monoisotopic (exact) mass is 397 g/mol. The molecule has 146 valence electrons. The Kier molecular flexibility index (Phi) is 7.03. The number of ether oxygens (including phenoxy) is 2. The predicted molar refractivity (Wildman–Crippen MR) is 111 cm³/mol. The number of rotatable bonds is 9. The third-order valence-electron chi connectivity index (χ3n) is 3.90. The summed E-state index contributed by atoms with van der Waals surface area (Å²) in [5.74, 6) is 1.88. The van der Waals surface area contributed by atoms with E-state index in [1.165, 1.54) is 6.26 Å². The molecule has 0 saturated carbocycles. The van der Waals surface area contributed by atoms with E-state index < -0.39 is 0 Å². The van der Waals surface area contributed by atoms with Crippen molar-refractivity contribution in [1.82, 2.24) is 0 Å². The van der Waals surface area contributed by atoms with Crippen LogP contribution in [0.3, 0.4) is 0 Å². The van der Waals surface area contributed by atoms with Gasteiger partial charge in [-0.25, -0.2) is 0 Å². The quantitative estimate of drug-likeness (QED) is 0.475. The fourth-order valence-electron chi connectivity index (χ4n) is 2.65. The molecule has 5 nitrogen and oxygen atoms in total. The number of anilines is 1. The van der Waals surface area contributed by atoms with Gasteiger partial charge in [-0.3, -0.25) is 4.79 Å². The molecule has 0 aliphatic heterocycles. The lowest BCUT2D eigenvalue weighted by Crippen LogP contribution is -2.14. The second kappa shape index (κ2) is 9.90. The lowest BCUT2D eigenvalue weighted by atomic mass is 10.2. The van der Waals surface area contributed by atoms with Gasteiger partial charge >= 0.3 is 0 Å². The fraction of sp³-hybridized carbons (Fsp3) is 0.227. The van der Waals surface area contributed by atoms with Gasteiger partial charge < -0.3 is 19.2 Å². The van der Waals surface area contributed by atoms with E-state index in [0.29, 0.717) is 41.9 Å². The summed E-state index contributed by atoms with van der Waals surface area (Å²) in [4.78, 5) is 14.0. The highest BCUT2D eigenvalue weighted by Gasteiger charge is 2.18. The Morgan fingerprint density at radius 1 is 1.04 bits per heavy atom. The van der Waals surface area contributed by atoms with Crippen molar-refractivity contribution >= 4 is 23.4 Å². The van der Waals surface area contributed by atoms with Gasteiger partial charge in [-0.2, -0.15) is 0 Å². The second-order valence-corrected chi connectivity index (χ2v) is 6.90. The van der Waals surface area contributed by atoms with E-state index in [9.17, 15) is 4.79 Å². The third-order valence-corrected chi connectivity index (χ3v) is 4.96. The molecule has 0 saturated heterocycles. The Morgan fingerprint density at radius 3 is 2.57 bits per heavy atom. The van der Waals surface area contributed by atoms with Gasteiger partial charge in [0.2, 0.25) is 0 Å². The molecule has 0 unspecified atom stereocenters. The lowest BCUT2D eigenvalue weighted by molar-refractivity contribution is 0.0995. The maximum absolute atomic E-state index is 12.8. The SMILES string of the molecule is CCOc1ccc(OCC)c(NC(=O)c2occc2CSc2ccccc2)c1. The molecular formula is C22H23NO4S. The zero-order chi connectivity index (χ0) is 19.8. The van der Waals surface area contributed by atoms with E-state index in [1.54, 1.807) is 23.9 Å². The summed E-state index contributed by atoms with van der Waals surface area (Å²) in [7, 11) is 0. The molecular weight excluding hydrogens is 374 g/mol. The normalized spacial score (nSPS) is 10.5. The second-order valence-electron chi connectivity index (χ2n) is 5.85. The van der Waals surface area contributed by atoms with Crippen molar-refractivity contribution in [2.45, 2.75) is 24.5 Å². The Bertz CT molecular complexity index is 908. The molecule has 1 heterocycles. The minimum atomic E-state index is -0.316. The Balaban J connectivity index is 1.74. The van der Waals surface area contributed by atoms with Crippen molar-refractivity contribution in [3.8, 4) is 11.5 Å². The van der Waals surface area contributed by atoms with E-state index in [1.807, 2.05) is 56.3 Å². The molecule has 0 spiro atoms. The van der Waals surface area contributed by atoms with E-state index in [4.69, 9.17) is 13.9 Å². The largest absolute Gasteiger partial charge is 0.494 e. The first-order valence-electron chi connectivity index (χ1n) is 9.16. The molecule has 1 N–H and O–H groups in total. The number of furan rings is 1. The first kappa shape index (κ1) is 19.9. The maximum atomic E-state index is 12.8. The van der Waals surface area contributed by atoms with Crippen LogP contribution < -0.4 is 14.8 Å². The number of thioether (sulfide) groups is 1. The molecule has 0 aliphatic carbocycles. The summed E-state index contributed by atoms with van der Waals surface area (Å²) in [5, 5.41) is 2.89. The van der Waals surface area contributed by atoms with Crippen LogP contribution in [0.2, 0.25) is 0 Å². The molecule has 1 aromatic heterocycles. The van der Waals surface area contributed by atoms with Gasteiger partial charge in [0.15, 0.2) is 5.76 Å². The topological polar surface area (TPSA) is 60.7 Å². The Labute approximate surface area is 169 Å². The van der Waals surface area contributed by atoms with Gasteiger partial charge in [-0.1, -0.05) is 18.2 Å². The van der Waals surface area contributed by atoms with Crippen molar-refractivity contribution < 1.29 is 18.7 Å². The number of carbonyl (C=O) groups excluding carboxylic acids is 1. The van der Waals surface area contributed by atoms with E-state index >= 15 is 0 Å². The van der Waals surface area contributed by atoms with Crippen LogP contribution in [-0.4, -0.2) is 19.1 Å². The molecule has 1 amide bonds. The summed E-state index contributed by atoms with van der Waals surface area (Å²) in [6.07, 6.45) is 1.54. The van der Waals surface area contributed by atoms with Crippen molar-refractivity contribution in [2.75, 3.05) is 18.5 Å². The first-order valence-corrected chi connectivity index (χ1v) is 10.1. The van der Waals surface area contributed by atoms with Crippen LogP contribution in [0.15, 0.2) is 70.2 Å². The molecule has 0 radical (unpaired) electrons. The first-order chi connectivity index (χ1) is 13.7. The number of hydrogen-bond donors (Lipinski definition) is 1. The zero-order valence-electron chi connectivity index (χ0n) is 15.9. The zero-order valence-corrected chi connectivity index (χ0v) is 16.8. The summed E-state index contributed by atoms with van der Waals surface area (Å²) in [6, 6.07) is 17.2. The van der Waals surface area contributed by atoms with Crippen molar-refractivity contribution in [1.29, 1.82) is 0 Å². The standard InChI is InChI=1S/C22H23NO4S/c1-3-25-17-10-11-20(26-4-2)19(14-17)23-22(24)21-16(12-13-27-21)15-28-18-8-6-5-7-9-18/h5-14H,3-4,15H2,1-2H3,(H,23,24). The average molecular weight is 397 g/mol. The van der Waals surface area contributed by atoms with Crippen LogP contribution in [0.25, 0.3) is 0 Å². The number of nitrogens with one attached hydrogen (secondary N) is 1. The van der Waals surface area contributed by atoms with E-state index in [2.05, 4.69) is 5.32 Å². The highest BCUT2D eigenvalue weighted by atomic mass is 32.2. The number of hydrogen-bond acceptors (Lipinski definition) is 5. The van der Waals surface area contributed by atoms with Gasteiger partial charge in [-0.05, 0) is 44.2 Å². The fourth-order valence-corrected chi connectivity index (χ4v) is 3.55. The number of amides is 1. The molecule has 0 aliphatic rings. The van der Waals surface area contributed by atoms with Crippen LogP contribution >= 0.6 is 11.8 Å². The van der Waals surface area contributed by atoms with Crippen LogP contribution in [0.4, 0.5) is 5.69 Å². The van der Waals surface area contributed by atoms with Gasteiger partial charge in [0.25, 0.3) is 5.91 Å². The van der Waals surface area contributed by atoms with Gasteiger partial charge in [0.1, 0.15) is 11.5 Å². The molecule has 3 rings (SSSR count). The summed E-state index contributed by atoms with van der Waals surface area (Å²) < 4.78 is 16.6. The summed E-state index contributed by atoms with van der Waals surface area (Å²) in [6.45, 7) is 4.85. The highest BCUT2D eigenvalue weighted by molar-refractivity contribution is 7.98. The van der Waals surface area contributed by atoms with Crippen LogP contribution in [0.1, 0.15) is 30.0 Å². The Morgan fingerprint density at radius 2 is 1.82 bits per heavy atom. The van der Waals surface area contributed by atoms with Gasteiger partial charge in [0.05, 0.1) is 25.2 Å². The van der Waals surface area contributed by atoms with Crippen molar-refractivity contribution in [3.63, 3.8) is 0 Å². The molecule has 6 heteroatoms. The van der Waals surface area contributed by atoms with E-state index in [-0.39, 0.29) is 5.91 Å². The summed E-state index contributed by atoms with van der Waals surface area (Å²) >= 11 is 1.65. The van der Waals surface area contributed by atoms with Crippen LogP contribution in [-0.2, 0) is 5.75 Å². The molecule has 0 bridgehead atoms. The van der Waals surface area contributed by atoms with Gasteiger partial charge in [-0.15, -0.1) is 11.8 Å². The minimum Gasteiger partial charge on any atom is -0.494 e. The predicted octanol–water partition coefficient (Wildman–Crippen LogP) is 5.62. The van der Waals surface area contributed by atoms with Crippen LogP contribution in [0, 0.1) is 0 Å². The Hall–Kier alpha value is -2.86. The molecule has 0 atom stereocenters. The average Bonchev–Trinajstić information content (AvgIpc) is 3.18. The smallest absolute Gasteiger partial charge is 0.291 e. The number of benzene rings is 2. The lowest BCUT2D eigenvalue weighted by Gasteiger charge is -2.13. The highest BCUT2D eigenvalue weighted by Crippen LogP contribution is 2.31. The minimum absolute atomic E-state index is 0.299. The molecule has 0 fully saturated rings. The van der Waals surface area contributed by atoms with Crippen molar-refractivity contribution in [3.05, 3.63) is 72.2 Å². The van der Waals surface area contributed by atoms with Crippen molar-refractivity contribution in [2.24, 2.45) is 0 Å².